The van der Waals surface area contributed by atoms with Crippen LogP contribution < -0.4 is 5.06 Å². The van der Waals surface area contributed by atoms with Crippen molar-refractivity contribution in [3.8, 4) is 11.1 Å². The van der Waals surface area contributed by atoms with Gasteiger partial charge in [0.05, 0.1) is 15.7 Å². The van der Waals surface area contributed by atoms with E-state index in [9.17, 15) is 10.1 Å². The zero-order valence-corrected chi connectivity index (χ0v) is 11.5. The molecule has 0 atom stereocenters. The summed E-state index contributed by atoms with van der Waals surface area (Å²) in [6.45, 7) is 0. The molecule has 0 spiro atoms. The normalized spacial score (nSPS) is 10.3. The third-order valence-corrected chi connectivity index (χ3v) is 3.28. The van der Waals surface area contributed by atoms with Crippen LogP contribution in [0, 0.1) is 4.91 Å². The second kappa shape index (κ2) is 5.57. The van der Waals surface area contributed by atoms with Crippen molar-refractivity contribution in [2.75, 3.05) is 12.1 Å². The molecule has 0 aliphatic carbocycles. The lowest BCUT2D eigenvalue weighted by molar-refractivity contribution is 0.279. The number of hydroxylamine groups is 1. The molecule has 0 unspecified atom stereocenters. The Kier molecular flexibility index (Phi) is 4.04. The number of benzene rings is 2. The van der Waals surface area contributed by atoms with Crippen molar-refractivity contribution in [1.29, 1.82) is 0 Å². The lowest BCUT2D eigenvalue weighted by atomic mass is 10.0. The Hall–Kier alpha value is -1.62. The van der Waals surface area contributed by atoms with Gasteiger partial charge in [0.1, 0.15) is 5.69 Å². The number of nitroso groups, excluding NO2 is 1. The maximum absolute atomic E-state index is 10.5. The molecule has 2 aromatic rings. The van der Waals surface area contributed by atoms with Gasteiger partial charge >= 0.3 is 0 Å². The predicted molar refractivity (Wildman–Crippen MR) is 77.5 cm³/mol. The highest BCUT2D eigenvalue weighted by Gasteiger charge is 2.08. The molecule has 0 aromatic heterocycles. The summed E-state index contributed by atoms with van der Waals surface area (Å²) in [5.41, 5.74) is 2.34. The Bertz CT molecular complexity index is 630. The van der Waals surface area contributed by atoms with E-state index < -0.39 is 0 Å². The Balaban J connectivity index is 2.45. The van der Waals surface area contributed by atoms with Crippen LogP contribution in [0.15, 0.2) is 41.6 Å². The Labute approximate surface area is 120 Å². The highest BCUT2D eigenvalue weighted by atomic mass is 35.5. The van der Waals surface area contributed by atoms with E-state index in [1.54, 1.807) is 36.4 Å². The molecule has 2 rings (SSSR count). The van der Waals surface area contributed by atoms with E-state index in [0.717, 1.165) is 16.2 Å². The highest BCUT2D eigenvalue weighted by molar-refractivity contribution is 6.34. The quantitative estimate of drug-likeness (QED) is 0.648. The standard InChI is InChI=1S/C13H10Cl2N2O2/c1-17(19)13-5-3-9(7-11(13)15)8-2-4-12(16-18)10(14)6-8/h2-7,19H,1H3. The van der Waals surface area contributed by atoms with E-state index in [0.29, 0.717) is 10.7 Å². The first-order valence-corrected chi connectivity index (χ1v) is 6.14. The number of nitrogens with zero attached hydrogens (tertiary/aromatic N) is 2. The SMILES string of the molecule is CN(O)c1ccc(-c2ccc(N=O)c(Cl)c2)cc1Cl. The molecule has 0 aliphatic rings. The van der Waals surface area contributed by atoms with Gasteiger partial charge in [0, 0.05) is 7.05 Å². The topological polar surface area (TPSA) is 52.9 Å². The third-order valence-electron chi connectivity index (χ3n) is 2.68. The summed E-state index contributed by atoms with van der Waals surface area (Å²) in [5, 5.41) is 13.8. The summed E-state index contributed by atoms with van der Waals surface area (Å²) < 4.78 is 0. The average Bonchev–Trinajstić information content (AvgIpc) is 2.38. The summed E-state index contributed by atoms with van der Waals surface area (Å²) in [6.07, 6.45) is 0. The first-order chi connectivity index (χ1) is 9.02. The summed E-state index contributed by atoms with van der Waals surface area (Å²) >= 11 is 12.0. The van der Waals surface area contributed by atoms with E-state index in [1.807, 2.05) is 0 Å². The van der Waals surface area contributed by atoms with Crippen LogP contribution in [0.1, 0.15) is 0 Å². The largest absolute Gasteiger partial charge is 0.289 e. The van der Waals surface area contributed by atoms with Crippen LogP contribution >= 0.6 is 23.2 Å². The molecule has 4 nitrogen and oxygen atoms in total. The molecule has 0 bridgehead atoms. The van der Waals surface area contributed by atoms with Gasteiger partial charge in [-0.25, -0.2) is 0 Å². The molecule has 0 saturated carbocycles. The van der Waals surface area contributed by atoms with Crippen LogP contribution in [0.25, 0.3) is 11.1 Å². The van der Waals surface area contributed by atoms with Crippen LogP contribution in [0.3, 0.4) is 0 Å². The van der Waals surface area contributed by atoms with Gasteiger partial charge < -0.3 is 0 Å². The van der Waals surface area contributed by atoms with Gasteiger partial charge in [-0.05, 0) is 40.6 Å². The number of halogens is 2. The summed E-state index contributed by atoms with van der Waals surface area (Å²) in [5.74, 6) is 0. The zero-order chi connectivity index (χ0) is 14.0. The first kappa shape index (κ1) is 13.8. The number of rotatable bonds is 3. The maximum Gasteiger partial charge on any atom is 0.126 e. The van der Waals surface area contributed by atoms with Crippen molar-refractivity contribution in [3.05, 3.63) is 51.4 Å². The van der Waals surface area contributed by atoms with Gasteiger partial charge in [0.2, 0.25) is 0 Å². The van der Waals surface area contributed by atoms with E-state index in [2.05, 4.69) is 5.18 Å². The lowest BCUT2D eigenvalue weighted by Crippen LogP contribution is -2.10. The minimum Gasteiger partial charge on any atom is -0.289 e. The van der Waals surface area contributed by atoms with Crippen LogP contribution in [-0.2, 0) is 0 Å². The molecule has 0 aliphatic heterocycles. The second-order valence-corrected chi connectivity index (χ2v) is 4.76. The first-order valence-electron chi connectivity index (χ1n) is 5.38. The minimum absolute atomic E-state index is 0.197. The van der Waals surface area contributed by atoms with Crippen molar-refractivity contribution in [3.63, 3.8) is 0 Å². The molecular weight excluding hydrogens is 287 g/mol. The van der Waals surface area contributed by atoms with Gasteiger partial charge in [-0.3, -0.25) is 10.3 Å². The third kappa shape index (κ3) is 2.87. The fourth-order valence-electron chi connectivity index (χ4n) is 1.71. The Morgan fingerprint density at radius 3 is 2.11 bits per heavy atom. The molecule has 0 heterocycles. The molecule has 98 valence electrons. The lowest BCUT2D eigenvalue weighted by Gasteiger charge is -2.13. The smallest absolute Gasteiger partial charge is 0.126 e. The fraction of sp³-hybridized carbons (Fsp3) is 0.0769. The van der Waals surface area contributed by atoms with E-state index in [-0.39, 0.29) is 10.7 Å². The van der Waals surface area contributed by atoms with Crippen molar-refractivity contribution >= 4 is 34.6 Å². The molecule has 2 aromatic carbocycles. The van der Waals surface area contributed by atoms with Crippen molar-refractivity contribution in [2.45, 2.75) is 0 Å². The summed E-state index contributed by atoms with van der Waals surface area (Å²) in [7, 11) is 1.49. The van der Waals surface area contributed by atoms with Crippen molar-refractivity contribution in [2.24, 2.45) is 5.18 Å². The number of hydrogen-bond acceptors (Lipinski definition) is 4. The van der Waals surface area contributed by atoms with Crippen LogP contribution in [0.2, 0.25) is 10.0 Å². The average molecular weight is 297 g/mol. The second-order valence-electron chi connectivity index (χ2n) is 3.95. The molecule has 0 radical (unpaired) electrons. The summed E-state index contributed by atoms with van der Waals surface area (Å²) in [6, 6.07) is 10.1. The Morgan fingerprint density at radius 1 is 1.05 bits per heavy atom. The monoisotopic (exact) mass is 296 g/mol. The van der Waals surface area contributed by atoms with Gasteiger partial charge in [0.15, 0.2) is 0 Å². The molecule has 1 N–H and O–H groups in total. The van der Waals surface area contributed by atoms with E-state index in [1.165, 1.54) is 7.05 Å². The highest BCUT2D eigenvalue weighted by Crippen LogP contribution is 2.33. The molecule has 19 heavy (non-hydrogen) atoms. The van der Waals surface area contributed by atoms with E-state index >= 15 is 0 Å². The fourth-order valence-corrected chi connectivity index (χ4v) is 2.23. The molecule has 6 heteroatoms. The summed E-state index contributed by atoms with van der Waals surface area (Å²) in [4.78, 5) is 10.5. The number of hydrogen-bond donors (Lipinski definition) is 1. The van der Waals surface area contributed by atoms with Gasteiger partial charge in [-0.2, -0.15) is 0 Å². The van der Waals surface area contributed by atoms with Gasteiger partial charge in [-0.1, -0.05) is 35.3 Å². The van der Waals surface area contributed by atoms with Crippen molar-refractivity contribution in [1.82, 2.24) is 0 Å². The van der Waals surface area contributed by atoms with Gasteiger partial charge in [0.25, 0.3) is 0 Å². The number of anilines is 1. The molecule has 0 fully saturated rings. The van der Waals surface area contributed by atoms with Crippen molar-refractivity contribution < 1.29 is 5.21 Å². The van der Waals surface area contributed by atoms with Crippen LogP contribution in [0.5, 0.6) is 0 Å². The Morgan fingerprint density at radius 2 is 1.63 bits per heavy atom. The van der Waals surface area contributed by atoms with E-state index in [4.69, 9.17) is 23.2 Å². The van der Waals surface area contributed by atoms with Crippen LogP contribution in [-0.4, -0.2) is 12.3 Å². The minimum atomic E-state index is 0.197. The molecular formula is C13H10Cl2N2O2. The maximum atomic E-state index is 10.5. The van der Waals surface area contributed by atoms with Gasteiger partial charge in [-0.15, -0.1) is 4.91 Å². The molecule has 0 saturated heterocycles. The molecule has 0 amide bonds. The van der Waals surface area contributed by atoms with Crippen LogP contribution in [0.4, 0.5) is 11.4 Å². The predicted octanol–water partition coefficient (Wildman–Crippen LogP) is 4.88. The zero-order valence-electron chi connectivity index (χ0n) is 9.97.